The van der Waals surface area contributed by atoms with Gasteiger partial charge in [-0.15, -0.1) is 0 Å². The number of aliphatic hydroxyl groups is 1. The molecule has 0 saturated carbocycles. The van der Waals surface area contributed by atoms with Gasteiger partial charge in [-0.25, -0.2) is 0 Å². The molecule has 3 nitrogen and oxygen atoms in total. The fourth-order valence-corrected chi connectivity index (χ4v) is 6.79. The van der Waals surface area contributed by atoms with Gasteiger partial charge in [0.2, 0.25) is 0 Å². The van der Waals surface area contributed by atoms with Gasteiger partial charge in [-0.05, 0) is 18.8 Å². The van der Waals surface area contributed by atoms with Crippen LogP contribution < -0.4 is 0 Å². The van der Waals surface area contributed by atoms with Crippen LogP contribution in [0.4, 0.5) is 0 Å². The third kappa shape index (κ3) is 37.5. The summed E-state index contributed by atoms with van der Waals surface area (Å²) in [6, 6.07) is 0. The standard InChI is InChI=1S/C40H80O3/c1-2-3-4-5-6-7-8-9-10-11-12-13-14-15-16-17-18-21-24-29-34-39(36-31-27-28-33-38-41)35-30-25-22-19-20-23-26-32-37-40(42)43/h39,41H,2-38H2,1H3,(H,42,43). The Kier molecular flexibility index (Phi) is 37.1. The SMILES string of the molecule is CCCCCCCCCCCCCCCCCCCCCCC(CCCCCCO)CCCCCCCCCCC(=O)O. The number of carboxylic acid groups (broad SMARTS) is 1. The van der Waals surface area contributed by atoms with E-state index in [1.54, 1.807) is 0 Å². The number of hydrogen-bond acceptors (Lipinski definition) is 2. The van der Waals surface area contributed by atoms with Crippen LogP contribution in [0.1, 0.15) is 238 Å². The summed E-state index contributed by atoms with van der Waals surface area (Å²) in [4.78, 5) is 10.6. The number of aliphatic carboxylic acids is 1. The molecule has 0 fully saturated rings. The average molecular weight is 609 g/mol. The predicted octanol–water partition coefficient (Wildman–Crippen LogP) is 13.7. The van der Waals surface area contributed by atoms with Crippen LogP contribution in [0.25, 0.3) is 0 Å². The molecule has 0 aromatic carbocycles. The van der Waals surface area contributed by atoms with Crippen LogP contribution in [-0.4, -0.2) is 22.8 Å². The molecule has 0 aliphatic carbocycles. The fourth-order valence-electron chi connectivity index (χ4n) is 6.79. The topological polar surface area (TPSA) is 57.5 Å². The van der Waals surface area contributed by atoms with Crippen LogP contribution in [0.3, 0.4) is 0 Å². The molecule has 0 aliphatic heterocycles. The van der Waals surface area contributed by atoms with E-state index in [0.29, 0.717) is 13.0 Å². The molecule has 2 N–H and O–H groups in total. The lowest BCUT2D eigenvalue weighted by Gasteiger charge is -2.17. The van der Waals surface area contributed by atoms with E-state index >= 15 is 0 Å². The number of aliphatic hydroxyl groups excluding tert-OH is 1. The summed E-state index contributed by atoms with van der Waals surface area (Å²) in [5.41, 5.74) is 0. The maximum absolute atomic E-state index is 10.6. The summed E-state index contributed by atoms with van der Waals surface area (Å²) in [7, 11) is 0. The molecule has 43 heavy (non-hydrogen) atoms. The van der Waals surface area contributed by atoms with E-state index in [1.807, 2.05) is 0 Å². The molecule has 0 amide bonds. The van der Waals surface area contributed by atoms with Gasteiger partial charge in [-0.3, -0.25) is 4.79 Å². The first-order chi connectivity index (χ1) is 21.2. The van der Waals surface area contributed by atoms with E-state index in [1.165, 1.54) is 205 Å². The van der Waals surface area contributed by atoms with Crippen molar-refractivity contribution in [3.8, 4) is 0 Å². The van der Waals surface area contributed by atoms with Crippen molar-refractivity contribution in [2.75, 3.05) is 6.61 Å². The summed E-state index contributed by atoms with van der Waals surface area (Å²) in [5.74, 6) is 0.263. The molecule has 0 aromatic heterocycles. The Morgan fingerprint density at radius 1 is 0.395 bits per heavy atom. The molecule has 0 rings (SSSR count). The van der Waals surface area contributed by atoms with Gasteiger partial charge in [-0.1, -0.05) is 219 Å². The van der Waals surface area contributed by atoms with Gasteiger partial charge in [0.25, 0.3) is 0 Å². The normalized spacial score (nSPS) is 12.2. The van der Waals surface area contributed by atoms with Crippen LogP contribution in [0.2, 0.25) is 0 Å². The molecule has 0 heterocycles. The van der Waals surface area contributed by atoms with Gasteiger partial charge in [0, 0.05) is 13.0 Å². The van der Waals surface area contributed by atoms with Gasteiger partial charge in [0.05, 0.1) is 0 Å². The minimum atomic E-state index is -0.654. The van der Waals surface area contributed by atoms with E-state index in [4.69, 9.17) is 10.2 Å². The highest BCUT2D eigenvalue weighted by atomic mass is 16.4. The first-order valence-corrected chi connectivity index (χ1v) is 20.0. The quantitative estimate of drug-likeness (QED) is 0.0685. The number of unbranched alkanes of at least 4 members (excludes halogenated alkanes) is 29. The predicted molar refractivity (Wildman–Crippen MR) is 190 cm³/mol. The van der Waals surface area contributed by atoms with Crippen LogP contribution in [0.15, 0.2) is 0 Å². The second-order valence-corrected chi connectivity index (χ2v) is 14.1. The molecule has 3 heteroatoms. The van der Waals surface area contributed by atoms with Crippen LogP contribution >= 0.6 is 0 Å². The van der Waals surface area contributed by atoms with Gasteiger partial charge >= 0.3 is 5.97 Å². The molecule has 1 unspecified atom stereocenters. The van der Waals surface area contributed by atoms with Crippen molar-refractivity contribution in [1.82, 2.24) is 0 Å². The monoisotopic (exact) mass is 609 g/mol. The molecule has 0 spiro atoms. The van der Waals surface area contributed by atoms with Crippen molar-refractivity contribution in [3.63, 3.8) is 0 Å². The maximum Gasteiger partial charge on any atom is 0.303 e. The van der Waals surface area contributed by atoms with Crippen LogP contribution in [-0.2, 0) is 4.79 Å². The van der Waals surface area contributed by atoms with Crippen molar-refractivity contribution >= 4 is 5.97 Å². The minimum Gasteiger partial charge on any atom is -0.481 e. The largest absolute Gasteiger partial charge is 0.481 e. The van der Waals surface area contributed by atoms with E-state index in [2.05, 4.69) is 6.92 Å². The van der Waals surface area contributed by atoms with E-state index in [-0.39, 0.29) is 0 Å². The molecule has 0 radical (unpaired) electrons. The van der Waals surface area contributed by atoms with Crippen molar-refractivity contribution in [3.05, 3.63) is 0 Å². The first kappa shape index (κ1) is 42.4. The number of rotatable bonds is 38. The van der Waals surface area contributed by atoms with Gasteiger partial charge in [0.1, 0.15) is 0 Å². The molecule has 0 aromatic rings. The number of hydrogen-bond donors (Lipinski definition) is 2. The number of carbonyl (C=O) groups is 1. The Balaban J connectivity index is 3.62. The summed E-state index contributed by atoms with van der Waals surface area (Å²) in [6.45, 7) is 2.65. The average Bonchev–Trinajstić information content (AvgIpc) is 3.00. The maximum atomic E-state index is 10.6. The Morgan fingerprint density at radius 3 is 0.930 bits per heavy atom. The zero-order valence-electron chi connectivity index (χ0n) is 29.5. The second-order valence-electron chi connectivity index (χ2n) is 14.1. The van der Waals surface area contributed by atoms with Crippen LogP contribution in [0, 0.1) is 5.92 Å². The van der Waals surface area contributed by atoms with Crippen molar-refractivity contribution in [2.24, 2.45) is 5.92 Å². The third-order valence-corrected chi connectivity index (χ3v) is 9.74. The van der Waals surface area contributed by atoms with E-state index in [9.17, 15) is 4.79 Å². The third-order valence-electron chi connectivity index (χ3n) is 9.74. The second kappa shape index (κ2) is 37.6. The van der Waals surface area contributed by atoms with Gasteiger partial charge < -0.3 is 10.2 Å². The molecular weight excluding hydrogens is 528 g/mol. The summed E-state index contributed by atoms with van der Waals surface area (Å²) >= 11 is 0. The zero-order valence-corrected chi connectivity index (χ0v) is 29.5. The Labute approximate surface area is 271 Å². The molecular formula is C40H80O3. The number of carboxylic acids is 1. The Hall–Kier alpha value is -0.570. The van der Waals surface area contributed by atoms with Crippen molar-refractivity contribution in [2.45, 2.75) is 238 Å². The van der Waals surface area contributed by atoms with E-state index in [0.717, 1.165) is 25.2 Å². The summed E-state index contributed by atoms with van der Waals surface area (Å²) < 4.78 is 0. The smallest absolute Gasteiger partial charge is 0.303 e. The Bertz CT molecular complexity index is 520. The highest BCUT2D eigenvalue weighted by Gasteiger charge is 2.09. The Morgan fingerprint density at radius 2 is 0.651 bits per heavy atom. The molecule has 0 saturated heterocycles. The lowest BCUT2D eigenvalue weighted by atomic mass is 9.89. The lowest BCUT2D eigenvalue weighted by Crippen LogP contribution is -2.02. The molecule has 0 bridgehead atoms. The van der Waals surface area contributed by atoms with Crippen molar-refractivity contribution in [1.29, 1.82) is 0 Å². The first-order valence-electron chi connectivity index (χ1n) is 20.0. The van der Waals surface area contributed by atoms with Crippen molar-refractivity contribution < 1.29 is 15.0 Å². The van der Waals surface area contributed by atoms with E-state index < -0.39 is 5.97 Å². The zero-order chi connectivity index (χ0) is 31.3. The molecule has 258 valence electrons. The molecule has 0 aliphatic rings. The summed E-state index contributed by atoms with van der Waals surface area (Å²) in [5, 5.41) is 17.8. The highest BCUT2D eigenvalue weighted by molar-refractivity contribution is 5.66. The lowest BCUT2D eigenvalue weighted by molar-refractivity contribution is -0.137. The van der Waals surface area contributed by atoms with Gasteiger partial charge in [-0.2, -0.15) is 0 Å². The van der Waals surface area contributed by atoms with Gasteiger partial charge in [0.15, 0.2) is 0 Å². The minimum absolute atomic E-state index is 0.334. The highest BCUT2D eigenvalue weighted by Crippen LogP contribution is 2.25. The fraction of sp³-hybridized carbons (Fsp3) is 0.975. The molecule has 1 atom stereocenters. The summed E-state index contributed by atoms with van der Waals surface area (Å²) in [6.07, 6.45) is 48.2. The van der Waals surface area contributed by atoms with Crippen LogP contribution in [0.5, 0.6) is 0 Å².